The molecule has 1 saturated heterocycles. The van der Waals surface area contributed by atoms with Crippen LogP contribution >= 0.6 is 11.6 Å². The van der Waals surface area contributed by atoms with Crippen molar-refractivity contribution < 1.29 is 4.79 Å². The molecule has 15 heavy (non-hydrogen) atoms. The molecule has 1 aromatic carbocycles. The van der Waals surface area contributed by atoms with Crippen LogP contribution in [0.25, 0.3) is 6.08 Å². The molecule has 1 aliphatic rings. The van der Waals surface area contributed by atoms with Crippen molar-refractivity contribution in [3.63, 3.8) is 0 Å². The average Bonchev–Trinajstić information content (AvgIpc) is 2.61. The summed E-state index contributed by atoms with van der Waals surface area (Å²) >= 11 is 5.85. The van der Waals surface area contributed by atoms with Gasteiger partial charge in [-0.1, -0.05) is 23.7 Å². The van der Waals surface area contributed by atoms with Gasteiger partial charge in [-0.15, -0.1) is 0 Å². The number of carbonyl (C=O) groups excluding carboxylic acids is 1. The predicted molar refractivity (Wildman–Crippen MR) is 61.4 cm³/mol. The minimum Gasteiger partial charge on any atom is -0.319 e. The van der Waals surface area contributed by atoms with E-state index < -0.39 is 0 Å². The van der Waals surface area contributed by atoms with Crippen molar-refractivity contribution in [3.8, 4) is 0 Å². The highest BCUT2D eigenvalue weighted by molar-refractivity contribution is 6.30. The van der Waals surface area contributed by atoms with Crippen molar-refractivity contribution in [2.75, 3.05) is 6.54 Å². The molecule has 0 bridgehead atoms. The summed E-state index contributed by atoms with van der Waals surface area (Å²) in [5.74, 6) is 0.202. The summed E-state index contributed by atoms with van der Waals surface area (Å²) < 4.78 is 0. The molecule has 1 aliphatic heterocycles. The van der Waals surface area contributed by atoms with E-state index in [1.807, 2.05) is 36.5 Å². The summed E-state index contributed by atoms with van der Waals surface area (Å²) in [5, 5.41) is 0.713. The summed E-state index contributed by atoms with van der Waals surface area (Å²) in [4.78, 5) is 13.1. The van der Waals surface area contributed by atoms with E-state index in [-0.39, 0.29) is 5.91 Å². The second-order valence-corrected chi connectivity index (χ2v) is 4.00. The molecule has 1 amide bonds. The number of halogens is 1. The van der Waals surface area contributed by atoms with Gasteiger partial charge in [0.2, 0.25) is 5.91 Å². The van der Waals surface area contributed by atoms with Gasteiger partial charge in [0.25, 0.3) is 0 Å². The van der Waals surface area contributed by atoms with E-state index in [2.05, 4.69) is 0 Å². The van der Waals surface area contributed by atoms with Crippen molar-refractivity contribution in [2.45, 2.75) is 12.8 Å². The number of amides is 1. The fourth-order valence-electron chi connectivity index (χ4n) is 1.61. The number of rotatable bonds is 2. The average molecular weight is 222 g/mol. The molecule has 0 spiro atoms. The van der Waals surface area contributed by atoms with Crippen molar-refractivity contribution in [2.24, 2.45) is 0 Å². The standard InChI is InChI=1S/C12H12ClNO/c13-11-4-1-3-10(9-11)6-8-14-7-2-5-12(14)15/h1,3-4,6,8-9H,2,5,7H2/b8-6+. The highest BCUT2D eigenvalue weighted by Gasteiger charge is 2.16. The number of nitrogens with zero attached hydrogens (tertiary/aromatic N) is 1. The van der Waals surface area contributed by atoms with Crippen LogP contribution in [-0.2, 0) is 4.79 Å². The molecule has 1 aromatic rings. The van der Waals surface area contributed by atoms with Gasteiger partial charge < -0.3 is 4.90 Å². The van der Waals surface area contributed by atoms with Crippen LogP contribution in [0.4, 0.5) is 0 Å². The molecule has 3 heteroatoms. The Morgan fingerprint density at radius 2 is 2.27 bits per heavy atom. The largest absolute Gasteiger partial charge is 0.319 e. The quantitative estimate of drug-likeness (QED) is 0.752. The van der Waals surface area contributed by atoms with Crippen LogP contribution in [0.3, 0.4) is 0 Å². The van der Waals surface area contributed by atoms with Crippen LogP contribution in [0.1, 0.15) is 18.4 Å². The van der Waals surface area contributed by atoms with Crippen LogP contribution in [0.15, 0.2) is 30.5 Å². The van der Waals surface area contributed by atoms with E-state index in [4.69, 9.17) is 11.6 Å². The molecule has 2 rings (SSSR count). The fourth-order valence-corrected chi connectivity index (χ4v) is 1.81. The Kier molecular flexibility index (Phi) is 3.07. The summed E-state index contributed by atoms with van der Waals surface area (Å²) in [7, 11) is 0. The molecule has 0 atom stereocenters. The van der Waals surface area contributed by atoms with Gasteiger partial charge in [-0.05, 0) is 30.2 Å². The van der Waals surface area contributed by atoms with Gasteiger partial charge in [0.1, 0.15) is 0 Å². The minimum absolute atomic E-state index is 0.202. The molecular formula is C12H12ClNO. The van der Waals surface area contributed by atoms with E-state index in [1.54, 1.807) is 4.90 Å². The molecule has 0 aromatic heterocycles. The van der Waals surface area contributed by atoms with Gasteiger partial charge in [0, 0.05) is 24.2 Å². The first-order valence-electron chi connectivity index (χ1n) is 4.99. The summed E-state index contributed by atoms with van der Waals surface area (Å²) in [6.07, 6.45) is 5.37. The molecular weight excluding hydrogens is 210 g/mol. The summed E-state index contributed by atoms with van der Waals surface area (Å²) in [5.41, 5.74) is 1.02. The van der Waals surface area contributed by atoms with E-state index >= 15 is 0 Å². The fraction of sp³-hybridized carbons (Fsp3) is 0.250. The Morgan fingerprint density at radius 1 is 1.40 bits per heavy atom. The first-order valence-corrected chi connectivity index (χ1v) is 5.37. The first kappa shape index (κ1) is 10.2. The third kappa shape index (κ3) is 2.60. The summed E-state index contributed by atoms with van der Waals surface area (Å²) in [6.45, 7) is 0.829. The SMILES string of the molecule is O=C1CCCN1/C=C/c1cccc(Cl)c1. The Morgan fingerprint density at radius 3 is 2.93 bits per heavy atom. The van der Waals surface area contributed by atoms with Crippen molar-refractivity contribution in [3.05, 3.63) is 41.1 Å². The number of benzene rings is 1. The van der Waals surface area contributed by atoms with Gasteiger partial charge in [-0.2, -0.15) is 0 Å². The zero-order chi connectivity index (χ0) is 10.7. The van der Waals surface area contributed by atoms with Gasteiger partial charge in [-0.25, -0.2) is 0 Å². The molecule has 78 valence electrons. The lowest BCUT2D eigenvalue weighted by molar-refractivity contribution is -0.125. The van der Waals surface area contributed by atoms with Gasteiger partial charge in [-0.3, -0.25) is 4.79 Å². The van der Waals surface area contributed by atoms with Crippen LogP contribution in [-0.4, -0.2) is 17.4 Å². The Bertz CT molecular complexity index is 400. The van der Waals surface area contributed by atoms with Crippen molar-refractivity contribution in [1.82, 2.24) is 4.90 Å². The number of hydrogen-bond donors (Lipinski definition) is 0. The lowest BCUT2D eigenvalue weighted by atomic mass is 10.2. The second kappa shape index (κ2) is 4.49. The van der Waals surface area contributed by atoms with Gasteiger partial charge in [0.05, 0.1) is 0 Å². The van der Waals surface area contributed by atoms with E-state index in [9.17, 15) is 4.79 Å². The van der Waals surface area contributed by atoms with Crippen molar-refractivity contribution in [1.29, 1.82) is 0 Å². The highest BCUT2D eigenvalue weighted by Crippen LogP contribution is 2.14. The van der Waals surface area contributed by atoms with Crippen molar-refractivity contribution >= 4 is 23.6 Å². The molecule has 0 aliphatic carbocycles. The zero-order valence-corrected chi connectivity index (χ0v) is 9.07. The Hall–Kier alpha value is -1.28. The topological polar surface area (TPSA) is 20.3 Å². The number of hydrogen-bond acceptors (Lipinski definition) is 1. The maximum Gasteiger partial charge on any atom is 0.226 e. The predicted octanol–water partition coefficient (Wildman–Crippen LogP) is 2.93. The molecule has 1 fully saturated rings. The van der Waals surface area contributed by atoms with Gasteiger partial charge in [0.15, 0.2) is 0 Å². The monoisotopic (exact) mass is 221 g/mol. The maximum absolute atomic E-state index is 11.3. The Balaban J connectivity index is 2.08. The lowest BCUT2D eigenvalue weighted by Crippen LogP contribution is -2.16. The lowest BCUT2D eigenvalue weighted by Gasteiger charge is -2.08. The first-order chi connectivity index (χ1) is 7.25. The van der Waals surface area contributed by atoms with Gasteiger partial charge >= 0.3 is 0 Å². The second-order valence-electron chi connectivity index (χ2n) is 3.56. The van der Waals surface area contributed by atoms with Crippen LogP contribution < -0.4 is 0 Å². The minimum atomic E-state index is 0.202. The molecule has 0 radical (unpaired) electrons. The number of carbonyl (C=O) groups is 1. The molecule has 1 heterocycles. The normalized spacial score (nSPS) is 16.6. The van der Waals surface area contributed by atoms with Crippen LogP contribution in [0, 0.1) is 0 Å². The smallest absolute Gasteiger partial charge is 0.226 e. The van der Waals surface area contributed by atoms with Crippen LogP contribution in [0.5, 0.6) is 0 Å². The zero-order valence-electron chi connectivity index (χ0n) is 8.32. The maximum atomic E-state index is 11.3. The molecule has 0 N–H and O–H groups in total. The summed E-state index contributed by atoms with van der Waals surface area (Å²) in [6, 6.07) is 7.56. The molecule has 0 saturated carbocycles. The third-order valence-corrected chi connectivity index (χ3v) is 2.64. The molecule has 2 nitrogen and oxygen atoms in total. The van der Waals surface area contributed by atoms with E-state index in [0.29, 0.717) is 11.4 Å². The third-order valence-electron chi connectivity index (χ3n) is 2.41. The van der Waals surface area contributed by atoms with Crippen LogP contribution in [0.2, 0.25) is 5.02 Å². The number of likely N-dealkylation sites (tertiary alicyclic amines) is 1. The van der Waals surface area contributed by atoms with E-state index in [0.717, 1.165) is 18.5 Å². The Labute approximate surface area is 94.2 Å². The highest BCUT2D eigenvalue weighted by atomic mass is 35.5. The van der Waals surface area contributed by atoms with E-state index in [1.165, 1.54) is 0 Å². The molecule has 0 unspecified atom stereocenters.